The summed E-state index contributed by atoms with van der Waals surface area (Å²) in [4.78, 5) is 12.0. The van der Waals surface area contributed by atoms with Crippen molar-refractivity contribution in [3.63, 3.8) is 0 Å². The number of aromatic nitrogens is 3. The lowest BCUT2D eigenvalue weighted by molar-refractivity contribution is 0.431. The molecule has 2 aromatic rings. The zero-order chi connectivity index (χ0) is 10.8. The van der Waals surface area contributed by atoms with Gasteiger partial charge in [-0.05, 0) is 43.3 Å². The number of halogens is 1. The zero-order valence-corrected chi connectivity index (χ0v) is 9.76. The Balaban J connectivity index is 2.22. The maximum Gasteiger partial charge on any atom is 0.262 e. The predicted octanol–water partition coefficient (Wildman–Crippen LogP) is 2.89. The summed E-state index contributed by atoms with van der Waals surface area (Å²) in [7, 11) is 0. The quantitative estimate of drug-likeness (QED) is 0.598. The molecule has 0 N–H and O–H groups in total. The van der Waals surface area contributed by atoms with Crippen molar-refractivity contribution >= 4 is 23.4 Å². The average Bonchev–Trinajstić information content (AvgIpc) is 2.45. The molecule has 0 saturated heterocycles. The minimum atomic E-state index is 0.222. The Morgan fingerprint density at radius 1 is 1.33 bits per heavy atom. The lowest BCUT2D eigenvalue weighted by Crippen LogP contribution is -1.83. The summed E-state index contributed by atoms with van der Waals surface area (Å²) >= 11 is 6.98. The highest BCUT2D eigenvalue weighted by atomic mass is 35.5. The molecule has 0 saturated carbocycles. The van der Waals surface area contributed by atoms with Crippen molar-refractivity contribution in [3.05, 3.63) is 29.0 Å². The van der Waals surface area contributed by atoms with Crippen LogP contribution in [0.2, 0.25) is 5.28 Å². The molecule has 15 heavy (non-hydrogen) atoms. The molecule has 0 amide bonds. The Bertz CT molecular complexity index is 466. The first-order chi connectivity index (χ1) is 7.15. The predicted molar refractivity (Wildman–Crippen MR) is 57.1 cm³/mol. The standard InChI is InChI=1S/C9H8ClN3OS/c1-5-6(2)14-9(12-5)15-7-3-4-11-8(10)13-7/h3-4H,1-2H3. The van der Waals surface area contributed by atoms with Gasteiger partial charge in [0.25, 0.3) is 5.22 Å². The molecular weight excluding hydrogens is 234 g/mol. The van der Waals surface area contributed by atoms with Crippen LogP contribution >= 0.6 is 23.4 Å². The topological polar surface area (TPSA) is 51.8 Å². The maximum absolute atomic E-state index is 5.66. The molecule has 2 rings (SSSR count). The van der Waals surface area contributed by atoms with Gasteiger partial charge < -0.3 is 4.42 Å². The molecule has 2 aromatic heterocycles. The van der Waals surface area contributed by atoms with Gasteiger partial charge in [-0.3, -0.25) is 0 Å². The Morgan fingerprint density at radius 2 is 2.13 bits per heavy atom. The van der Waals surface area contributed by atoms with Crippen LogP contribution in [-0.2, 0) is 0 Å². The molecule has 0 radical (unpaired) electrons. The van der Waals surface area contributed by atoms with Gasteiger partial charge in [0, 0.05) is 6.20 Å². The molecule has 0 aliphatic heterocycles. The fourth-order valence-electron chi connectivity index (χ4n) is 0.953. The van der Waals surface area contributed by atoms with Gasteiger partial charge in [-0.25, -0.2) is 15.0 Å². The van der Waals surface area contributed by atoms with E-state index in [4.69, 9.17) is 16.0 Å². The van der Waals surface area contributed by atoms with E-state index in [0.29, 0.717) is 5.22 Å². The maximum atomic E-state index is 5.66. The monoisotopic (exact) mass is 241 g/mol. The van der Waals surface area contributed by atoms with Gasteiger partial charge in [-0.15, -0.1) is 0 Å². The van der Waals surface area contributed by atoms with Crippen molar-refractivity contribution in [1.29, 1.82) is 0 Å². The van der Waals surface area contributed by atoms with E-state index in [1.165, 1.54) is 11.8 Å². The van der Waals surface area contributed by atoms with Crippen LogP contribution in [0.25, 0.3) is 0 Å². The lowest BCUT2D eigenvalue weighted by atomic mass is 10.4. The SMILES string of the molecule is Cc1nc(Sc2ccnc(Cl)n2)oc1C. The Morgan fingerprint density at radius 3 is 2.73 bits per heavy atom. The van der Waals surface area contributed by atoms with Gasteiger partial charge in [0.05, 0.1) is 5.69 Å². The van der Waals surface area contributed by atoms with Crippen LogP contribution in [0.4, 0.5) is 0 Å². The third kappa shape index (κ3) is 2.49. The Kier molecular flexibility index (Phi) is 2.93. The van der Waals surface area contributed by atoms with E-state index in [1.807, 2.05) is 13.8 Å². The molecule has 0 fully saturated rings. The van der Waals surface area contributed by atoms with Crippen molar-refractivity contribution in [2.45, 2.75) is 24.1 Å². The van der Waals surface area contributed by atoms with Crippen molar-refractivity contribution in [2.75, 3.05) is 0 Å². The van der Waals surface area contributed by atoms with Crippen LogP contribution in [0.1, 0.15) is 11.5 Å². The van der Waals surface area contributed by atoms with Gasteiger partial charge in [-0.1, -0.05) is 0 Å². The second-order valence-corrected chi connectivity index (χ2v) is 4.20. The minimum Gasteiger partial charge on any atom is -0.436 e. The minimum absolute atomic E-state index is 0.222. The average molecular weight is 242 g/mol. The first kappa shape index (κ1) is 10.4. The van der Waals surface area contributed by atoms with Crippen LogP contribution in [-0.4, -0.2) is 15.0 Å². The summed E-state index contributed by atoms with van der Waals surface area (Å²) in [5.41, 5.74) is 0.887. The molecule has 4 nitrogen and oxygen atoms in total. The lowest BCUT2D eigenvalue weighted by Gasteiger charge is -1.94. The highest BCUT2D eigenvalue weighted by Gasteiger charge is 2.08. The van der Waals surface area contributed by atoms with Crippen molar-refractivity contribution in [2.24, 2.45) is 0 Å². The van der Waals surface area contributed by atoms with Crippen LogP contribution in [0.5, 0.6) is 0 Å². The number of hydrogen-bond acceptors (Lipinski definition) is 5. The highest BCUT2D eigenvalue weighted by Crippen LogP contribution is 2.26. The number of aryl methyl sites for hydroxylation is 2. The molecular formula is C9H8ClN3OS. The Labute approximate surface area is 96.1 Å². The summed E-state index contributed by atoms with van der Waals surface area (Å²) in [6.45, 7) is 3.77. The number of hydrogen-bond donors (Lipinski definition) is 0. The van der Waals surface area contributed by atoms with Gasteiger partial charge in [0.1, 0.15) is 10.8 Å². The summed E-state index contributed by atoms with van der Waals surface area (Å²) in [5.74, 6) is 0.817. The van der Waals surface area contributed by atoms with E-state index in [0.717, 1.165) is 16.5 Å². The summed E-state index contributed by atoms with van der Waals surface area (Å²) in [6.07, 6.45) is 1.60. The van der Waals surface area contributed by atoms with Crippen LogP contribution in [0, 0.1) is 13.8 Å². The van der Waals surface area contributed by atoms with Crippen LogP contribution in [0.3, 0.4) is 0 Å². The summed E-state index contributed by atoms with van der Waals surface area (Å²) < 4.78 is 5.41. The summed E-state index contributed by atoms with van der Waals surface area (Å²) in [5, 5.41) is 1.51. The zero-order valence-electron chi connectivity index (χ0n) is 8.19. The molecule has 0 atom stereocenters. The van der Waals surface area contributed by atoms with Crippen molar-refractivity contribution in [1.82, 2.24) is 15.0 Å². The molecule has 0 bridgehead atoms. The van der Waals surface area contributed by atoms with Crippen molar-refractivity contribution < 1.29 is 4.42 Å². The van der Waals surface area contributed by atoms with Crippen LogP contribution in [0.15, 0.2) is 26.9 Å². The molecule has 6 heteroatoms. The van der Waals surface area contributed by atoms with Gasteiger partial charge in [-0.2, -0.15) is 0 Å². The molecule has 2 heterocycles. The van der Waals surface area contributed by atoms with Crippen LogP contribution < -0.4 is 0 Å². The number of nitrogens with zero attached hydrogens (tertiary/aromatic N) is 3. The molecule has 0 aliphatic carbocycles. The molecule has 0 spiro atoms. The van der Waals surface area contributed by atoms with Gasteiger partial charge >= 0.3 is 0 Å². The third-order valence-electron chi connectivity index (χ3n) is 1.80. The fraction of sp³-hybridized carbons (Fsp3) is 0.222. The van der Waals surface area contributed by atoms with Crippen molar-refractivity contribution in [3.8, 4) is 0 Å². The highest BCUT2D eigenvalue weighted by molar-refractivity contribution is 7.99. The second-order valence-electron chi connectivity index (χ2n) is 2.89. The van der Waals surface area contributed by atoms with Gasteiger partial charge in [0.2, 0.25) is 5.28 Å². The first-order valence-electron chi connectivity index (χ1n) is 4.25. The molecule has 0 aliphatic rings. The van der Waals surface area contributed by atoms with E-state index in [-0.39, 0.29) is 5.28 Å². The molecule has 0 aromatic carbocycles. The van der Waals surface area contributed by atoms with E-state index < -0.39 is 0 Å². The van der Waals surface area contributed by atoms with E-state index in [1.54, 1.807) is 12.3 Å². The largest absolute Gasteiger partial charge is 0.436 e. The fourth-order valence-corrected chi connectivity index (χ4v) is 1.94. The molecule has 78 valence electrons. The summed E-state index contributed by atoms with van der Waals surface area (Å²) in [6, 6.07) is 1.76. The first-order valence-corrected chi connectivity index (χ1v) is 5.45. The Hall–Kier alpha value is -1.07. The third-order valence-corrected chi connectivity index (χ3v) is 2.77. The number of oxazole rings is 1. The smallest absolute Gasteiger partial charge is 0.262 e. The van der Waals surface area contributed by atoms with E-state index in [9.17, 15) is 0 Å². The normalized spacial score (nSPS) is 10.6. The molecule has 0 unspecified atom stereocenters. The van der Waals surface area contributed by atoms with E-state index >= 15 is 0 Å². The second kappa shape index (κ2) is 4.20. The van der Waals surface area contributed by atoms with E-state index in [2.05, 4.69) is 15.0 Å². The van der Waals surface area contributed by atoms with Gasteiger partial charge in [0.15, 0.2) is 0 Å². The number of rotatable bonds is 2.